The maximum atomic E-state index is 12.0. The highest BCUT2D eigenvalue weighted by Crippen LogP contribution is 2.39. The van der Waals surface area contributed by atoms with Crippen molar-refractivity contribution in [2.45, 2.75) is 92.2 Å². The Hall–Kier alpha value is -4.86. The molecule has 12 heteroatoms. The van der Waals surface area contributed by atoms with Crippen LogP contribution in [-0.4, -0.2) is 88.2 Å². The van der Waals surface area contributed by atoms with E-state index in [1.807, 2.05) is 62.4 Å². The molecular formula is C59H87ClO9Si2. The number of methoxy groups -OCH3 is 1. The van der Waals surface area contributed by atoms with Crippen molar-refractivity contribution in [3.05, 3.63) is 173 Å². The molecule has 0 spiro atoms. The van der Waals surface area contributed by atoms with Crippen LogP contribution in [0.1, 0.15) is 82.1 Å². The fourth-order valence-corrected chi connectivity index (χ4v) is 17.2. The molecule has 392 valence electrons. The molecule has 0 N–H and O–H groups in total. The predicted molar refractivity (Wildman–Crippen MR) is 304 cm³/mol. The average Bonchev–Trinajstić information content (AvgIpc) is 3.34. The summed E-state index contributed by atoms with van der Waals surface area (Å²) in [6, 6.07) is 42.4. The monoisotopic (exact) mass is 1030 g/mol. The first-order chi connectivity index (χ1) is 33.6. The third kappa shape index (κ3) is 23.1. The largest absolute Gasteiger partial charge is 0.508 e. The van der Waals surface area contributed by atoms with Crippen molar-refractivity contribution in [3.8, 4) is 0 Å². The minimum atomic E-state index is -2.62. The molecular weight excluding hydrogens is 944 g/mol. The molecule has 0 aliphatic carbocycles. The van der Waals surface area contributed by atoms with E-state index in [1.165, 1.54) is 20.7 Å². The van der Waals surface area contributed by atoms with Gasteiger partial charge in [-0.2, -0.15) is 0 Å². The Morgan fingerprint density at radius 1 is 0.479 bits per heavy atom. The van der Waals surface area contributed by atoms with Gasteiger partial charge in [0, 0.05) is 30.7 Å². The summed E-state index contributed by atoms with van der Waals surface area (Å²) in [4.78, 5) is 22.0. The van der Waals surface area contributed by atoms with Crippen molar-refractivity contribution in [1.82, 2.24) is 0 Å². The van der Waals surface area contributed by atoms with E-state index in [0.717, 1.165) is 19.4 Å². The average molecular weight is 1030 g/mol. The first kappa shape index (κ1) is 66.1. The standard InChI is InChI=1S/C26H36O4Si.C23H32OSi.C6H11ClO4.2C2H4/c1-7-18-26(5,6)21-29-24(27)28-19-20-30-31(25(2,3)4,22-14-10-8-11-15-22)23-16-12-9-13-17-23;1-7-18-23(5,6)19-24-25(22(2,3)4,20-14-10-8-11-15-20)21-16-12-9-13-17-21;1-9-2-3-10-4-5-11-6(7)8;2*1-2/h7-17H,1,18-21H2,2-6H3;7-17H,1,18-19H2,2-6H3;2-5H2,1H3;2*1-2H2. The van der Waals surface area contributed by atoms with Crippen molar-refractivity contribution in [1.29, 1.82) is 0 Å². The number of hydrogen-bond donors (Lipinski definition) is 0. The van der Waals surface area contributed by atoms with Crippen LogP contribution in [0.2, 0.25) is 10.1 Å². The lowest BCUT2D eigenvalue weighted by molar-refractivity contribution is 0.0231. The SMILES string of the molecule is C=C.C=C.C=CCC(C)(C)COC(=O)OCCO[Si](c1ccccc1)(c1ccccc1)C(C)(C)C.C=CCC(C)(C)CO[Si](c1ccccc1)(c1ccccc1)C(C)(C)C.COCCOCCOC(=O)Cl. The van der Waals surface area contributed by atoms with Crippen LogP contribution in [0.25, 0.3) is 0 Å². The Bertz CT molecular complexity index is 1950. The lowest BCUT2D eigenvalue weighted by Crippen LogP contribution is -2.67. The normalized spacial score (nSPS) is 11.5. The summed E-state index contributed by atoms with van der Waals surface area (Å²) >= 11 is 4.88. The molecule has 0 heterocycles. The van der Waals surface area contributed by atoms with Crippen LogP contribution in [0.4, 0.5) is 9.59 Å². The van der Waals surface area contributed by atoms with Gasteiger partial charge in [0.25, 0.3) is 16.6 Å². The van der Waals surface area contributed by atoms with Gasteiger partial charge >= 0.3 is 11.6 Å². The number of ether oxygens (including phenoxy) is 5. The molecule has 0 amide bonds. The van der Waals surface area contributed by atoms with E-state index in [4.69, 9.17) is 39.4 Å². The van der Waals surface area contributed by atoms with E-state index < -0.39 is 28.2 Å². The second kappa shape index (κ2) is 34.5. The number of benzene rings is 4. The van der Waals surface area contributed by atoms with Gasteiger partial charge in [0.15, 0.2) is 0 Å². The van der Waals surface area contributed by atoms with Gasteiger partial charge in [0.1, 0.15) is 19.8 Å². The first-order valence-corrected chi connectivity index (χ1v) is 28.2. The van der Waals surface area contributed by atoms with Crippen molar-refractivity contribution in [3.63, 3.8) is 0 Å². The number of carbonyl (C=O) groups excluding carboxylic acids is 2. The highest BCUT2D eigenvalue weighted by atomic mass is 35.5. The lowest BCUT2D eigenvalue weighted by atomic mass is 9.91. The summed E-state index contributed by atoms with van der Waals surface area (Å²) in [5, 5.41) is 4.97. The molecule has 0 aliphatic rings. The Morgan fingerprint density at radius 3 is 1.15 bits per heavy atom. The van der Waals surface area contributed by atoms with Crippen LogP contribution < -0.4 is 20.7 Å². The summed E-state index contributed by atoms with van der Waals surface area (Å²) in [5.41, 5.74) is -0.888. The van der Waals surface area contributed by atoms with Crippen molar-refractivity contribution in [2.24, 2.45) is 10.8 Å². The first-order valence-electron chi connectivity index (χ1n) is 24.0. The van der Waals surface area contributed by atoms with Crippen LogP contribution in [0.15, 0.2) is 173 Å². The molecule has 4 aromatic rings. The zero-order chi connectivity index (χ0) is 54.0. The number of rotatable bonds is 23. The molecule has 0 aliphatic heterocycles. The van der Waals surface area contributed by atoms with Crippen molar-refractivity contribution >= 4 is 60.6 Å². The van der Waals surface area contributed by atoms with Gasteiger partial charge in [-0.15, -0.1) is 39.5 Å². The molecule has 0 unspecified atom stereocenters. The van der Waals surface area contributed by atoms with Gasteiger partial charge in [0.05, 0.1) is 26.4 Å². The minimum absolute atomic E-state index is 0.0277. The van der Waals surface area contributed by atoms with Crippen LogP contribution in [0.5, 0.6) is 0 Å². The number of halogens is 1. The maximum absolute atomic E-state index is 12.0. The van der Waals surface area contributed by atoms with Gasteiger partial charge in [-0.05, 0) is 49.1 Å². The second-order valence-corrected chi connectivity index (χ2v) is 28.8. The number of allylic oxidation sites excluding steroid dienone is 2. The Labute approximate surface area is 436 Å². The lowest BCUT2D eigenvalue weighted by Gasteiger charge is -2.44. The van der Waals surface area contributed by atoms with E-state index in [-0.39, 0.29) is 40.7 Å². The van der Waals surface area contributed by atoms with Crippen molar-refractivity contribution in [2.75, 3.05) is 60.0 Å². The van der Waals surface area contributed by atoms with Crippen molar-refractivity contribution < 1.29 is 42.1 Å². The topological polar surface area (TPSA) is 98.8 Å². The quantitative estimate of drug-likeness (QED) is 0.0236. The second-order valence-electron chi connectivity index (χ2n) is 19.9. The summed E-state index contributed by atoms with van der Waals surface area (Å²) in [5.74, 6) is 0. The predicted octanol–water partition coefficient (Wildman–Crippen LogP) is 13.1. The smallest absolute Gasteiger partial charge is 0.451 e. The molecule has 0 radical (unpaired) electrons. The maximum Gasteiger partial charge on any atom is 0.508 e. The van der Waals surface area contributed by atoms with Crippen LogP contribution in [0, 0.1) is 10.8 Å². The van der Waals surface area contributed by atoms with Gasteiger partial charge in [0.2, 0.25) is 0 Å². The molecule has 0 bridgehead atoms. The highest BCUT2D eigenvalue weighted by Gasteiger charge is 2.51. The zero-order valence-electron chi connectivity index (χ0n) is 45.1. The zero-order valence-corrected chi connectivity index (χ0v) is 47.8. The van der Waals surface area contributed by atoms with E-state index in [0.29, 0.717) is 26.4 Å². The van der Waals surface area contributed by atoms with Crippen LogP contribution in [0.3, 0.4) is 0 Å². The Morgan fingerprint density at radius 2 is 0.817 bits per heavy atom. The van der Waals surface area contributed by atoms with Gasteiger partial charge in [-0.25, -0.2) is 9.59 Å². The summed E-state index contributed by atoms with van der Waals surface area (Å²) < 4.78 is 38.3. The molecule has 9 nitrogen and oxygen atoms in total. The Kier molecular flexibility index (Phi) is 32.1. The fourth-order valence-electron chi connectivity index (χ4n) is 7.77. The van der Waals surface area contributed by atoms with Gasteiger partial charge < -0.3 is 32.5 Å². The molecule has 0 saturated carbocycles. The van der Waals surface area contributed by atoms with E-state index >= 15 is 0 Å². The summed E-state index contributed by atoms with van der Waals surface area (Å²) in [6.45, 7) is 44.9. The highest BCUT2D eigenvalue weighted by molar-refractivity contribution is 7.00. The van der Waals surface area contributed by atoms with Crippen LogP contribution in [-0.2, 0) is 32.5 Å². The Balaban J connectivity index is 0.00000109. The van der Waals surface area contributed by atoms with Crippen LogP contribution >= 0.6 is 11.6 Å². The minimum Gasteiger partial charge on any atom is -0.451 e. The number of carbonyl (C=O) groups is 2. The molecule has 0 aromatic heterocycles. The summed E-state index contributed by atoms with van der Waals surface area (Å²) in [7, 11) is -3.46. The molecule has 0 fully saturated rings. The van der Waals surface area contributed by atoms with Gasteiger partial charge in [-0.3, -0.25) is 0 Å². The molecule has 4 rings (SSSR count). The van der Waals surface area contributed by atoms with E-state index in [1.54, 1.807) is 7.11 Å². The van der Waals surface area contributed by atoms with E-state index in [2.05, 4.69) is 185 Å². The molecule has 0 saturated heterocycles. The van der Waals surface area contributed by atoms with Gasteiger partial charge in [-0.1, -0.05) is 203 Å². The molecule has 0 atom stereocenters. The fraction of sp³-hybridized carbons (Fsp3) is 0.424. The third-order valence-electron chi connectivity index (χ3n) is 11.0. The number of hydrogen-bond acceptors (Lipinski definition) is 9. The van der Waals surface area contributed by atoms with E-state index in [9.17, 15) is 9.59 Å². The molecule has 4 aromatic carbocycles. The molecule has 71 heavy (non-hydrogen) atoms. The summed E-state index contributed by atoms with van der Waals surface area (Å²) in [6.07, 6.45) is 4.87. The third-order valence-corrected chi connectivity index (χ3v) is 21.1.